The molecule has 2 heterocycles. The van der Waals surface area contributed by atoms with Gasteiger partial charge in [-0.3, -0.25) is 9.59 Å². The van der Waals surface area contributed by atoms with Gasteiger partial charge in [0.05, 0.1) is 4.88 Å². The van der Waals surface area contributed by atoms with Crippen LogP contribution in [0.1, 0.15) is 35.5 Å². The third-order valence-electron chi connectivity index (χ3n) is 4.40. The number of hydrogen-bond acceptors (Lipinski definition) is 3. The first-order chi connectivity index (χ1) is 11.1. The summed E-state index contributed by atoms with van der Waals surface area (Å²) in [6.45, 7) is 6.25. The molecule has 5 heteroatoms. The first-order valence-corrected chi connectivity index (χ1v) is 8.98. The summed E-state index contributed by atoms with van der Waals surface area (Å²) in [7, 11) is 0. The average molecular weight is 330 g/mol. The van der Waals surface area contributed by atoms with E-state index in [2.05, 4.69) is 19.1 Å². The zero-order valence-electron chi connectivity index (χ0n) is 13.7. The Bertz CT molecular complexity index is 730. The number of piperazine rings is 1. The maximum atomic E-state index is 13.0. The molecule has 122 valence electrons. The highest BCUT2D eigenvalue weighted by Crippen LogP contribution is 2.33. The predicted octanol–water partition coefficient (Wildman–Crippen LogP) is 3.16. The largest absolute Gasteiger partial charge is 0.339 e. The monoisotopic (exact) mass is 330 g/mol. The molecule has 1 aromatic heterocycles. The van der Waals surface area contributed by atoms with Gasteiger partial charge in [0.25, 0.3) is 5.91 Å². The summed E-state index contributed by atoms with van der Waals surface area (Å²) in [5.41, 5.74) is 1.19. The van der Waals surface area contributed by atoms with Gasteiger partial charge in [-0.15, -0.1) is 11.3 Å². The number of hydrogen-bond donors (Lipinski definition) is 0. The van der Waals surface area contributed by atoms with Gasteiger partial charge >= 0.3 is 0 Å². The lowest BCUT2D eigenvalue weighted by Crippen LogP contribution is -2.50. The molecule has 4 nitrogen and oxygen atoms in total. The molecule has 2 aromatic rings. The molecule has 0 radical (unpaired) electrons. The van der Waals surface area contributed by atoms with Gasteiger partial charge in [0.1, 0.15) is 0 Å². The SMILES string of the molecule is CCCc1c(C(=O)N2CCN(C(C)=O)CC2)sc2ccccc12. The van der Waals surface area contributed by atoms with Gasteiger partial charge in [-0.25, -0.2) is 0 Å². The highest BCUT2D eigenvalue weighted by atomic mass is 32.1. The summed E-state index contributed by atoms with van der Waals surface area (Å²) >= 11 is 1.60. The Morgan fingerprint density at radius 1 is 1.09 bits per heavy atom. The lowest BCUT2D eigenvalue weighted by molar-refractivity contribution is -0.130. The first kappa shape index (κ1) is 16.0. The number of thiophene rings is 1. The first-order valence-electron chi connectivity index (χ1n) is 8.17. The predicted molar refractivity (Wildman–Crippen MR) is 94.0 cm³/mol. The molecule has 0 aliphatic carbocycles. The second kappa shape index (κ2) is 6.71. The fraction of sp³-hybridized carbons (Fsp3) is 0.444. The summed E-state index contributed by atoms with van der Waals surface area (Å²) in [4.78, 5) is 29.0. The minimum absolute atomic E-state index is 0.0885. The molecular formula is C18H22N2O2S. The lowest BCUT2D eigenvalue weighted by atomic mass is 10.1. The molecule has 1 aromatic carbocycles. The normalized spacial score (nSPS) is 15.2. The van der Waals surface area contributed by atoms with Crippen molar-refractivity contribution in [3.8, 4) is 0 Å². The van der Waals surface area contributed by atoms with E-state index in [1.165, 1.54) is 15.6 Å². The molecule has 0 spiro atoms. The van der Waals surface area contributed by atoms with Gasteiger partial charge in [0, 0.05) is 37.8 Å². The highest BCUT2D eigenvalue weighted by Gasteiger charge is 2.26. The second-order valence-electron chi connectivity index (χ2n) is 5.95. The van der Waals surface area contributed by atoms with Crippen molar-refractivity contribution in [3.63, 3.8) is 0 Å². The van der Waals surface area contributed by atoms with Crippen LogP contribution in [0.25, 0.3) is 10.1 Å². The van der Waals surface area contributed by atoms with Crippen LogP contribution < -0.4 is 0 Å². The van der Waals surface area contributed by atoms with Gasteiger partial charge in [-0.05, 0) is 23.4 Å². The van der Waals surface area contributed by atoms with Crippen LogP contribution in [0.15, 0.2) is 24.3 Å². The maximum Gasteiger partial charge on any atom is 0.264 e. The van der Waals surface area contributed by atoms with Crippen molar-refractivity contribution in [3.05, 3.63) is 34.7 Å². The van der Waals surface area contributed by atoms with E-state index in [-0.39, 0.29) is 11.8 Å². The van der Waals surface area contributed by atoms with Crippen molar-refractivity contribution in [2.45, 2.75) is 26.7 Å². The van der Waals surface area contributed by atoms with E-state index < -0.39 is 0 Å². The fourth-order valence-electron chi connectivity index (χ4n) is 3.14. The smallest absolute Gasteiger partial charge is 0.264 e. The number of amides is 2. The van der Waals surface area contributed by atoms with E-state index in [9.17, 15) is 9.59 Å². The van der Waals surface area contributed by atoms with Crippen LogP contribution in [0.5, 0.6) is 0 Å². The number of carbonyl (C=O) groups is 2. The van der Waals surface area contributed by atoms with Crippen molar-refractivity contribution in [1.82, 2.24) is 9.80 Å². The van der Waals surface area contributed by atoms with E-state index in [4.69, 9.17) is 0 Å². The van der Waals surface area contributed by atoms with Crippen LogP contribution >= 0.6 is 11.3 Å². The van der Waals surface area contributed by atoms with Crippen LogP contribution in [0.4, 0.5) is 0 Å². The Hall–Kier alpha value is -1.88. The summed E-state index contributed by atoms with van der Waals surface area (Å²) < 4.78 is 1.18. The standard InChI is InChI=1S/C18H22N2O2S/c1-3-6-15-14-7-4-5-8-16(14)23-17(15)18(22)20-11-9-19(10-12-20)13(2)21/h4-5,7-8H,3,6,9-12H2,1-2H3. The van der Waals surface area contributed by atoms with Crippen molar-refractivity contribution < 1.29 is 9.59 Å². The molecule has 0 atom stereocenters. The second-order valence-corrected chi connectivity index (χ2v) is 7.01. The Labute approximate surface area is 140 Å². The number of aryl methyl sites for hydroxylation is 1. The molecule has 1 aliphatic rings. The van der Waals surface area contributed by atoms with Gasteiger partial charge in [0.15, 0.2) is 0 Å². The average Bonchev–Trinajstić information content (AvgIpc) is 2.93. The van der Waals surface area contributed by atoms with Crippen LogP contribution in [0.2, 0.25) is 0 Å². The van der Waals surface area contributed by atoms with E-state index >= 15 is 0 Å². The number of nitrogens with zero attached hydrogens (tertiary/aromatic N) is 2. The summed E-state index contributed by atoms with van der Waals surface area (Å²) in [6.07, 6.45) is 1.96. The molecule has 0 saturated carbocycles. The Kier molecular flexibility index (Phi) is 4.66. The number of carbonyl (C=O) groups excluding carboxylic acids is 2. The number of fused-ring (bicyclic) bond motifs is 1. The van der Waals surface area contributed by atoms with Crippen molar-refractivity contribution >= 4 is 33.2 Å². The maximum absolute atomic E-state index is 13.0. The van der Waals surface area contributed by atoms with Gasteiger partial charge in [0.2, 0.25) is 5.91 Å². The summed E-state index contributed by atoms with van der Waals surface area (Å²) in [6, 6.07) is 8.26. The van der Waals surface area contributed by atoms with Gasteiger partial charge in [-0.1, -0.05) is 31.5 Å². The fourth-order valence-corrected chi connectivity index (χ4v) is 4.36. The number of benzene rings is 1. The van der Waals surface area contributed by atoms with Crippen LogP contribution in [0.3, 0.4) is 0 Å². The zero-order valence-corrected chi connectivity index (χ0v) is 14.5. The quantitative estimate of drug-likeness (QED) is 0.867. The third kappa shape index (κ3) is 3.11. The third-order valence-corrected chi connectivity index (χ3v) is 5.61. The molecule has 23 heavy (non-hydrogen) atoms. The van der Waals surface area contributed by atoms with Gasteiger partial charge in [-0.2, -0.15) is 0 Å². The highest BCUT2D eigenvalue weighted by molar-refractivity contribution is 7.21. The van der Waals surface area contributed by atoms with Gasteiger partial charge < -0.3 is 9.80 Å². The molecule has 0 N–H and O–H groups in total. The molecule has 1 aliphatic heterocycles. The van der Waals surface area contributed by atoms with Crippen molar-refractivity contribution in [2.75, 3.05) is 26.2 Å². The summed E-state index contributed by atoms with van der Waals surface area (Å²) in [5, 5.41) is 1.21. The Morgan fingerprint density at radius 3 is 2.39 bits per heavy atom. The van der Waals surface area contributed by atoms with E-state index in [0.29, 0.717) is 26.2 Å². The zero-order chi connectivity index (χ0) is 16.4. The topological polar surface area (TPSA) is 40.6 Å². The Balaban J connectivity index is 1.86. The molecule has 0 unspecified atom stereocenters. The van der Waals surface area contributed by atoms with Crippen molar-refractivity contribution in [1.29, 1.82) is 0 Å². The molecule has 3 rings (SSSR count). The Morgan fingerprint density at radius 2 is 1.74 bits per heavy atom. The minimum Gasteiger partial charge on any atom is -0.339 e. The molecule has 2 amide bonds. The van der Waals surface area contributed by atoms with Crippen LogP contribution in [0, 0.1) is 0 Å². The molecule has 1 fully saturated rings. The van der Waals surface area contributed by atoms with E-state index in [1.807, 2.05) is 21.9 Å². The van der Waals surface area contributed by atoms with Crippen LogP contribution in [-0.4, -0.2) is 47.8 Å². The van der Waals surface area contributed by atoms with Crippen LogP contribution in [-0.2, 0) is 11.2 Å². The van der Waals surface area contributed by atoms with E-state index in [0.717, 1.165) is 17.7 Å². The lowest BCUT2D eigenvalue weighted by Gasteiger charge is -2.34. The van der Waals surface area contributed by atoms with Crippen molar-refractivity contribution in [2.24, 2.45) is 0 Å². The molecular weight excluding hydrogens is 308 g/mol. The number of rotatable bonds is 3. The molecule has 0 bridgehead atoms. The minimum atomic E-state index is 0.0885. The molecule has 1 saturated heterocycles. The summed E-state index contributed by atoms with van der Waals surface area (Å²) in [5.74, 6) is 0.212. The van der Waals surface area contributed by atoms with E-state index in [1.54, 1.807) is 18.3 Å².